The summed E-state index contributed by atoms with van der Waals surface area (Å²) in [6.45, 7) is 0. The molecule has 1 unspecified atom stereocenters. The summed E-state index contributed by atoms with van der Waals surface area (Å²) in [5.74, 6) is 5.88. The van der Waals surface area contributed by atoms with Gasteiger partial charge in [-0.2, -0.15) is 0 Å². The Hall–Kier alpha value is -1.48. The first-order valence-corrected chi connectivity index (χ1v) is 5.33. The second-order valence-electron chi connectivity index (χ2n) is 4.21. The van der Waals surface area contributed by atoms with Gasteiger partial charge in [0.1, 0.15) is 0 Å². The van der Waals surface area contributed by atoms with E-state index in [-0.39, 0.29) is 6.10 Å². The van der Waals surface area contributed by atoms with Crippen molar-refractivity contribution in [3.05, 3.63) is 35.5 Å². The highest BCUT2D eigenvalue weighted by Crippen LogP contribution is 2.34. The van der Waals surface area contributed by atoms with E-state index in [0.29, 0.717) is 0 Å². The van der Waals surface area contributed by atoms with Crippen molar-refractivity contribution in [1.82, 2.24) is 4.68 Å². The zero-order valence-corrected chi connectivity index (χ0v) is 8.48. The molecule has 0 amide bonds. The Kier molecular flexibility index (Phi) is 1.76. The summed E-state index contributed by atoms with van der Waals surface area (Å²) in [7, 11) is 0. The minimum absolute atomic E-state index is 0.336. The maximum atomic E-state index is 10.0. The van der Waals surface area contributed by atoms with Crippen LogP contribution in [-0.2, 0) is 6.42 Å². The third kappa shape index (κ3) is 1.16. The first-order valence-electron chi connectivity index (χ1n) is 5.33. The molecule has 3 heteroatoms. The Morgan fingerprint density at radius 3 is 3.13 bits per heavy atom. The van der Waals surface area contributed by atoms with Gasteiger partial charge in [-0.15, -0.1) is 0 Å². The highest BCUT2D eigenvalue weighted by molar-refractivity contribution is 5.88. The molecule has 2 aromatic rings. The van der Waals surface area contributed by atoms with Crippen LogP contribution in [0.2, 0.25) is 0 Å². The van der Waals surface area contributed by atoms with Gasteiger partial charge < -0.3 is 10.9 Å². The van der Waals surface area contributed by atoms with Crippen LogP contribution in [0, 0.1) is 0 Å². The number of hydrogen-bond donors (Lipinski definition) is 2. The van der Waals surface area contributed by atoms with E-state index >= 15 is 0 Å². The molecule has 1 aromatic heterocycles. The first-order chi connectivity index (χ1) is 7.27. The van der Waals surface area contributed by atoms with Crippen LogP contribution in [-0.4, -0.2) is 9.78 Å². The van der Waals surface area contributed by atoms with Crippen molar-refractivity contribution >= 4 is 10.9 Å². The summed E-state index contributed by atoms with van der Waals surface area (Å²) in [5, 5.41) is 11.2. The molecule has 0 aliphatic heterocycles. The molecule has 0 saturated carbocycles. The zero-order valence-electron chi connectivity index (χ0n) is 8.48. The molecule has 1 atom stereocenters. The van der Waals surface area contributed by atoms with Crippen LogP contribution >= 0.6 is 0 Å². The van der Waals surface area contributed by atoms with Gasteiger partial charge in [-0.25, -0.2) is 0 Å². The highest BCUT2D eigenvalue weighted by Gasteiger charge is 2.19. The Balaban J connectivity index is 2.41. The molecule has 3 nitrogen and oxygen atoms in total. The predicted molar refractivity (Wildman–Crippen MR) is 60.0 cm³/mol. The van der Waals surface area contributed by atoms with E-state index in [4.69, 9.17) is 5.84 Å². The molecule has 0 saturated heterocycles. The molecule has 1 aliphatic rings. The number of nitrogens with two attached hydrogens (primary N) is 1. The number of aromatic nitrogens is 1. The maximum absolute atomic E-state index is 10.0. The van der Waals surface area contributed by atoms with E-state index < -0.39 is 0 Å². The van der Waals surface area contributed by atoms with E-state index in [9.17, 15) is 5.11 Å². The van der Waals surface area contributed by atoms with E-state index in [2.05, 4.69) is 0 Å². The fraction of sp³-hybridized carbons (Fsp3) is 0.333. The molecular formula is C12H14N2O. The summed E-state index contributed by atoms with van der Waals surface area (Å²) in [5.41, 5.74) is 3.31. The van der Waals surface area contributed by atoms with E-state index in [1.54, 1.807) is 4.68 Å². The van der Waals surface area contributed by atoms with Gasteiger partial charge in [0.15, 0.2) is 0 Å². The third-order valence-electron chi connectivity index (χ3n) is 3.25. The Labute approximate surface area is 88.1 Å². The molecule has 1 aromatic carbocycles. The summed E-state index contributed by atoms with van der Waals surface area (Å²) in [4.78, 5) is 0. The number of aliphatic hydroxyl groups is 1. The molecular weight excluding hydrogens is 188 g/mol. The minimum Gasteiger partial charge on any atom is -0.388 e. The summed E-state index contributed by atoms with van der Waals surface area (Å²) < 4.78 is 1.66. The van der Waals surface area contributed by atoms with Crippen LogP contribution < -0.4 is 5.84 Å². The lowest BCUT2D eigenvalue weighted by atomic mass is 10.0. The largest absolute Gasteiger partial charge is 0.388 e. The van der Waals surface area contributed by atoms with Crippen molar-refractivity contribution in [2.24, 2.45) is 0 Å². The molecule has 3 N–H and O–H groups in total. The van der Waals surface area contributed by atoms with Crippen LogP contribution in [0.1, 0.15) is 30.1 Å². The second kappa shape index (κ2) is 3.00. The maximum Gasteiger partial charge on any atom is 0.0796 e. The quantitative estimate of drug-likeness (QED) is 0.639. The fourth-order valence-electron chi connectivity index (χ4n) is 2.53. The lowest BCUT2D eigenvalue weighted by Crippen LogP contribution is -2.06. The third-order valence-corrected chi connectivity index (χ3v) is 3.25. The van der Waals surface area contributed by atoms with Crippen molar-refractivity contribution in [1.29, 1.82) is 0 Å². The van der Waals surface area contributed by atoms with Gasteiger partial charge in [0.25, 0.3) is 0 Å². The number of rotatable bonds is 0. The van der Waals surface area contributed by atoms with Gasteiger partial charge >= 0.3 is 0 Å². The van der Waals surface area contributed by atoms with Crippen LogP contribution in [0.3, 0.4) is 0 Å². The number of aliphatic hydroxyl groups excluding tert-OH is 1. The molecule has 78 valence electrons. The molecule has 15 heavy (non-hydrogen) atoms. The number of nitrogens with zero attached hydrogens (tertiary/aromatic N) is 1. The Morgan fingerprint density at radius 2 is 2.27 bits per heavy atom. The summed E-state index contributed by atoms with van der Waals surface area (Å²) >= 11 is 0. The van der Waals surface area contributed by atoms with Crippen molar-refractivity contribution < 1.29 is 5.11 Å². The average molecular weight is 202 g/mol. The SMILES string of the molecule is Nn1cc2c3c(cccc31)C(O)CCC2. The lowest BCUT2D eigenvalue weighted by Gasteiger charge is -2.09. The zero-order chi connectivity index (χ0) is 10.4. The topological polar surface area (TPSA) is 51.2 Å². The van der Waals surface area contributed by atoms with Gasteiger partial charge in [0.05, 0.1) is 11.6 Å². The van der Waals surface area contributed by atoms with Crippen molar-refractivity contribution in [3.63, 3.8) is 0 Å². The average Bonchev–Trinajstić information content (AvgIpc) is 2.46. The minimum atomic E-state index is -0.336. The van der Waals surface area contributed by atoms with Crippen LogP contribution in [0.4, 0.5) is 0 Å². The van der Waals surface area contributed by atoms with Gasteiger partial charge in [0, 0.05) is 11.6 Å². The fourth-order valence-corrected chi connectivity index (χ4v) is 2.53. The monoisotopic (exact) mass is 202 g/mol. The molecule has 1 aliphatic carbocycles. The number of benzene rings is 1. The van der Waals surface area contributed by atoms with Crippen LogP contribution in [0.25, 0.3) is 10.9 Å². The van der Waals surface area contributed by atoms with Gasteiger partial charge in [-0.1, -0.05) is 12.1 Å². The lowest BCUT2D eigenvalue weighted by molar-refractivity contribution is 0.167. The number of hydrogen-bond acceptors (Lipinski definition) is 2. The summed E-state index contributed by atoms with van der Waals surface area (Å²) in [6, 6.07) is 5.96. The Bertz CT molecular complexity index is 516. The number of nitrogen functional groups attached to an aromatic ring is 1. The normalized spacial score (nSPS) is 20.5. The van der Waals surface area contributed by atoms with Crippen molar-refractivity contribution in [2.75, 3.05) is 5.84 Å². The standard InChI is InChI=1S/C12H14N2O/c13-14-7-8-3-1-6-11(15)9-4-2-5-10(14)12(8)9/h2,4-5,7,11,15H,1,3,6,13H2. The van der Waals surface area contributed by atoms with Gasteiger partial charge in [-0.05, 0) is 36.5 Å². The van der Waals surface area contributed by atoms with E-state index in [0.717, 1.165) is 35.7 Å². The molecule has 0 bridgehead atoms. The Morgan fingerprint density at radius 1 is 1.40 bits per heavy atom. The van der Waals surface area contributed by atoms with Crippen molar-refractivity contribution in [2.45, 2.75) is 25.4 Å². The second-order valence-corrected chi connectivity index (χ2v) is 4.21. The van der Waals surface area contributed by atoms with E-state index in [1.807, 2.05) is 24.4 Å². The molecule has 0 fully saturated rings. The smallest absolute Gasteiger partial charge is 0.0796 e. The van der Waals surface area contributed by atoms with Crippen LogP contribution in [0.15, 0.2) is 24.4 Å². The first kappa shape index (κ1) is 8.80. The van der Waals surface area contributed by atoms with Crippen LogP contribution in [0.5, 0.6) is 0 Å². The van der Waals surface area contributed by atoms with Gasteiger partial charge in [-0.3, -0.25) is 4.68 Å². The van der Waals surface area contributed by atoms with E-state index in [1.165, 1.54) is 5.56 Å². The molecule has 3 rings (SSSR count). The molecule has 1 heterocycles. The number of aryl methyl sites for hydroxylation is 1. The molecule has 0 radical (unpaired) electrons. The predicted octanol–water partition coefficient (Wildman–Crippen LogP) is 1.72. The molecule has 0 spiro atoms. The highest BCUT2D eigenvalue weighted by atomic mass is 16.3. The van der Waals surface area contributed by atoms with Crippen molar-refractivity contribution in [3.8, 4) is 0 Å². The van der Waals surface area contributed by atoms with Gasteiger partial charge in [0.2, 0.25) is 0 Å². The summed E-state index contributed by atoms with van der Waals surface area (Å²) in [6.07, 6.45) is 4.52.